The Morgan fingerprint density at radius 1 is 0.818 bits per heavy atom. The Kier molecular flexibility index (Phi) is 3.48. The number of hydrogen-bond acceptors (Lipinski definition) is 2. The van der Waals surface area contributed by atoms with Crippen molar-refractivity contribution in [2.45, 2.75) is 84.3 Å². The topological polar surface area (TPSA) is 40.5 Å². The summed E-state index contributed by atoms with van der Waals surface area (Å²) in [4.78, 5) is 0. The van der Waals surface area contributed by atoms with Crippen LogP contribution >= 0.6 is 0 Å². The molecule has 4 fully saturated rings. The van der Waals surface area contributed by atoms with Gasteiger partial charge < -0.3 is 10.2 Å². The molecule has 4 saturated carbocycles. The van der Waals surface area contributed by atoms with E-state index in [-0.39, 0.29) is 17.6 Å². The van der Waals surface area contributed by atoms with E-state index in [1.165, 1.54) is 38.5 Å². The SMILES string of the molecule is C[C@H]1C[C@H]2[C@@H]3CC[C@H]4C[C@@H](O)CC[C@]4(C)[C@H]3CC[C@]2(C)[C@@H]1O. The number of aliphatic hydroxyl groups excluding tert-OH is 2. The van der Waals surface area contributed by atoms with Crippen molar-refractivity contribution in [3.63, 3.8) is 0 Å². The lowest BCUT2D eigenvalue weighted by Crippen LogP contribution is -2.54. The lowest BCUT2D eigenvalue weighted by Gasteiger charge is -2.60. The van der Waals surface area contributed by atoms with Crippen LogP contribution in [-0.2, 0) is 0 Å². The molecular weight excluding hydrogens is 272 g/mol. The largest absolute Gasteiger partial charge is 0.393 e. The second-order valence-electron chi connectivity index (χ2n) is 9.79. The maximum absolute atomic E-state index is 10.7. The Hall–Kier alpha value is -0.0800. The summed E-state index contributed by atoms with van der Waals surface area (Å²) in [5.41, 5.74) is 0.637. The average molecular weight is 306 g/mol. The summed E-state index contributed by atoms with van der Waals surface area (Å²) < 4.78 is 0. The number of hydrogen-bond donors (Lipinski definition) is 2. The van der Waals surface area contributed by atoms with Gasteiger partial charge in [0.05, 0.1) is 12.2 Å². The third-order valence-corrected chi connectivity index (χ3v) is 8.92. The molecule has 2 N–H and O–H groups in total. The highest BCUT2D eigenvalue weighted by molar-refractivity contribution is 5.10. The zero-order valence-electron chi connectivity index (χ0n) is 14.6. The van der Waals surface area contributed by atoms with Gasteiger partial charge in [-0.2, -0.15) is 0 Å². The van der Waals surface area contributed by atoms with Crippen molar-refractivity contribution in [1.82, 2.24) is 0 Å². The Labute approximate surface area is 135 Å². The van der Waals surface area contributed by atoms with Gasteiger partial charge in [0.2, 0.25) is 0 Å². The minimum absolute atomic E-state index is 0.0446. The lowest BCUT2D eigenvalue weighted by molar-refractivity contribution is -0.134. The van der Waals surface area contributed by atoms with Crippen molar-refractivity contribution >= 4 is 0 Å². The van der Waals surface area contributed by atoms with Crippen molar-refractivity contribution < 1.29 is 10.2 Å². The molecule has 4 aliphatic rings. The summed E-state index contributed by atoms with van der Waals surface area (Å²) in [6.45, 7) is 7.17. The molecule has 0 aromatic rings. The second-order valence-corrected chi connectivity index (χ2v) is 9.79. The van der Waals surface area contributed by atoms with Crippen LogP contribution in [-0.4, -0.2) is 22.4 Å². The van der Waals surface area contributed by atoms with Crippen LogP contribution in [0.2, 0.25) is 0 Å². The normalized spacial score (nSPS) is 61.2. The molecule has 22 heavy (non-hydrogen) atoms. The van der Waals surface area contributed by atoms with Crippen LogP contribution in [0.1, 0.15) is 72.1 Å². The Morgan fingerprint density at radius 3 is 2.32 bits per heavy atom. The Morgan fingerprint density at radius 2 is 1.55 bits per heavy atom. The molecule has 0 spiro atoms. The minimum atomic E-state index is -0.0860. The zero-order valence-corrected chi connectivity index (χ0v) is 14.6. The molecule has 4 aliphatic carbocycles. The van der Waals surface area contributed by atoms with E-state index in [2.05, 4.69) is 20.8 Å². The molecule has 0 aromatic carbocycles. The molecule has 0 saturated heterocycles. The Balaban J connectivity index is 1.63. The summed E-state index contributed by atoms with van der Waals surface area (Å²) in [6.07, 6.45) is 9.57. The van der Waals surface area contributed by atoms with Crippen LogP contribution in [0, 0.1) is 40.4 Å². The number of rotatable bonds is 0. The molecule has 0 aliphatic heterocycles. The molecule has 2 heteroatoms. The smallest absolute Gasteiger partial charge is 0.0622 e. The van der Waals surface area contributed by atoms with Crippen LogP contribution in [0.5, 0.6) is 0 Å². The van der Waals surface area contributed by atoms with Gasteiger partial charge in [-0.25, -0.2) is 0 Å². The molecule has 126 valence electrons. The van der Waals surface area contributed by atoms with E-state index in [1.807, 2.05) is 0 Å². The van der Waals surface area contributed by atoms with Crippen molar-refractivity contribution in [3.05, 3.63) is 0 Å². The fourth-order valence-electron chi connectivity index (χ4n) is 7.57. The van der Waals surface area contributed by atoms with Crippen molar-refractivity contribution in [3.8, 4) is 0 Å². The predicted molar refractivity (Wildman–Crippen MR) is 88.3 cm³/mol. The summed E-state index contributed by atoms with van der Waals surface area (Å²) in [5, 5.41) is 20.8. The third kappa shape index (κ3) is 1.92. The molecule has 0 unspecified atom stereocenters. The quantitative estimate of drug-likeness (QED) is 0.710. The van der Waals surface area contributed by atoms with Crippen LogP contribution < -0.4 is 0 Å². The molecule has 4 rings (SSSR count). The maximum Gasteiger partial charge on any atom is 0.0622 e. The standard InChI is InChI=1S/C20H34O2/c1-12-10-17-15-5-4-13-11-14(21)6-8-19(13,2)16(15)7-9-20(17,3)18(12)22/h12-18,21-22H,4-11H2,1-3H3/t12-,13-,14-,15+,16-,17-,18+,19-,20-/m0/s1. The van der Waals surface area contributed by atoms with Gasteiger partial charge in [0.15, 0.2) is 0 Å². The molecule has 0 radical (unpaired) electrons. The van der Waals surface area contributed by atoms with E-state index in [0.717, 1.165) is 36.5 Å². The van der Waals surface area contributed by atoms with E-state index in [9.17, 15) is 10.2 Å². The molecule has 9 atom stereocenters. The molecule has 0 amide bonds. The van der Waals surface area contributed by atoms with Crippen LogP contribution in [0.3, 0.4) is 0 Å². The molecule has 0 heterocycles. The molecule has 0 bridgehead atoms. The number of fused-ring (bicyclic) bond motifs is 5. The van der Waals surface area contributed by atoms with Crippen molar-refractivity contribution in [1.29, 1.82) is 0 Å². The first-order valence-corrected chi connectivity index (χ1v) is 9.72. The van der Waals surface area contributed by atoms with Crippen LogP contribution in [0.4, 0.5) is 0 Å². The monoisotopic (exact) mass is 306 g/mol. The van der Waals surface area contributed by atoms with Crippen molar-refractivity contribution in [2.24, 2.45) is 40.4 Å². The van der Waals surface area contributed by atoms with E-state index < -0.39 is 0 Å². The van der Waals surface area contributed by atoms with Gasteiger partial charge in [-0.15, -0.1) is 0 Å². The van der Waals surface area contributed by atoms with E-state index >= 15 is 0 Å². The van der Waals surface area contributed by atoms with Gasteiger partial charge in [-0.3, -0.25) is 0 Å². The fourth-order valence-corrected chi connectivity index (χ4v) is 7.57. The summed E-state index contributed by atoms with van der Waals surface area (Å²) >= 11 is 0. The van der Waals surface area contributed by atoms with Gasteiger partial charge >= 0.3 is 0 Å². The van der Waals surface area contributed by atoms with E-state index in [4.69, 9.17) is 0 Å². The highest BCUT2D eigenvalue weighted by atomic mass is 16.3. The van der Waals surface area contributed by atoms with Crippen molar-refractivity contribution in [2.75, 3.05) is 0 Å². The molecule has 2 nitrogen and oxygen atoms in total. The molecule has 0 aromatic heterocycles. The second kappa shape index (κ2) is 4.96. The van der Waals surface area contributed by atoms with Gasteiger partial charge in [0.1, 0.15) is 0 Å². The van der Waals surface area contributed by atoms with Gasteiger partial charge in [-0.05, 0) is 91.8 Å². The predicted octanol–water partition coefficient (Wildman–Crippen LogP) is 4.00. The first-order valence-electron chi connectivity index (χ1n) is 9.72. The van der Waals surface area contributed by atoms with Crippen LogP contribution in [0.15, 0.2) is 0 Å². The average Bonchev–Trinajstić information content (AvgIpc) is 2.72. The van der Waals surface area contributed by atoms with Gasteiger partial charge in [0, 0.05) is 0 Å². The lowest BCUT2D eigenvalue weighted by atomic mass is 9.45. The van der Waals surface area contributed by atoms with E-state index in [1.54, 1.807) is 0 Å². The minimum Gasteiger partial charge on any atom is -0.393 e. The summed E-state index contributed by atoms with van der Waals surface area (Å²) in [6, 6.07) is 0. The summed E-state index contributed by atoms with van der Waals surface area (Å²) in [5.74, 6) is 3.63. The van der Waals surface area contributed by atoms with Crippen LogP contribution in [0.25, 0.3) is 0 Å². The first-order chi connectivity index (χ1) is 10.4. The van der Waals surface area contributed by atoms with Gasteiger partial charge in [-0.1, -0.05) is 20.8 Å². The maximum atomic E-state index is 10.7. The Bertz CT molecular complexity index is 449. The van der Waals surface area contributed by atoms with Gasteiger partial charge in [0.25, 0.3) is 0 Å². The first kappa shape index (κ1) is 15.4. The molecular formula is C20H34O2. The van der Waals surface area contributed by atoms with E-state index in [0.29, 0.717) is 11.3 Å². The zero-order chi connectivity index (χ0) is 15.7. The highest BCUT2D eigenvalue weighted by Crippen LogP contribution is 2.66. The third-order valence-electron chi connectivity index (χ3n) is 8.92. The highest BCUT2D eigenvalue weighted by Gasteiger charge is 2.61. The summed E-state index contributed by atoms with van der Waals surface area (Å²) in [7, 11) is 0. The fraction of sp³-hybridized carbons (Fsp3) is 1.00. The number of aliphatic hydroxyl groups is 2.